The van der Waals surface area contributed by atoms with Crippen LogP contribution in [-0.2, 0) is 16.3 Å². The van der Waals surface area contributed by atoms with Crippen molar-refractivity contribution in [2.75, 3.05) is 11.4 Å². The molecule has 49 heavy (non-hydrogen) atoms. The van der Waals surface area contributed by atoms with E-state index >= 15 is 0 Å². The Morgan fingerprint density at radius 1 is 0.980 bits per heavy atom. The standard InChI is InChI=1S/C40H53FN4O2SSi/c1-40(2,3)49(5,6)47-33-19-16-29(17-20-33)39(46)45(32-9-7-8-31(22-32)36-24-42-38(48-36)28-14-15-28)25-26-10-12-27(13-11-26)30-18-21-35-34(23-30)37(41)43-44(35)4/h7-9,18,21-24,26-29,33H,10-17,19-20,25H2,1-6H3. The van der Waals surface area contributed by atoms with E-state index in [1.807, 2.05) is 18.3 Å². The molecule has 3 fully saturated rings. The zero-order valence-electron chi connectivity index (χ0n) is 30.2. The van der Waals surface area contributed by atoms with E-state index < -0.39 is 14.3 Å². The summed E-state index contributed by atoms with van der Waals surface area (Å²) in [6, 6.07) is 14.8. The van der Waals surface area contributed by atoms with E-state index in [0.29, 0.717) is 23.1 Å². The maximum Gasteiger partial charge on any atom is 0.240 e. The molecule has 1 amide bonds. The Morgan fingerprint density at radius 2 is 1.69 bits per heavy atom. The number of thiazole rings is 1. The summed E-state index contributed by atoms with van der Waals surface area (Å²) in [7, 11) is -0.0654. The highest BCUT2D eigenvalue weighted by molar-refractivity contribution is 7.15. The highest BCUT2D eigenvalue weighted by atomic mass is 32.1. The number of benzene rings is 2. The van der Waals surface area contributed by atoms with E-state index in [0.717, 1.165) is 74.7 Å². The van der Waals surface area contributed by atoms with Gasteiger partial charge in [0, 0.05) is 43.4 Å². The molecule has 9 heteroatoms. The topological polar surface area (TPSA) is 60.2 Å². The quantitative estimate of drug-likeness (QED) is 0.163. The molecule has 2 aromatic carbocycles. The maximum atomic E-state index is 14.6. The summed E-state index contributed by atoms with van der Waals surface area (Å²) in [6.45, 7) is 12.3. The van der Waals surface area contributed by atoms with Crippen molar-refractivity contribution >= 4 is 42.2 Å². The summed E-state index contributed by atoms with van der Waals surface area (Å²) in [6.07, 6.45) is 12.6. The molecule has 7 rings (SSSR count). The van der Waals surface area contributed by atoms with Crippen molar-refractivity contribution in [1.29, 1.82) is 0 Å². The molecule has 3 saturated carbocycles. The molecule has 262 valence electrons. The Balaban J connectivity index is 1.07. The molecule has 0 spiro atoms. The number of fused-ring (bicyclic) bond motifs is 1. The predicted octanol–water partition coefficient (Wildman–Crippen LogP) is 10.6. The van der Waals surface area contributed by atoms with Crippen LogP contribution in [0.15, 0.2) is 48.7 Å². The fourth-order valence-corrected chi connectivity index (χ4v) is 10.3. The van der Waals surface area contributed by atoms with Gasteiger partial charge >= 0.3 is 0 Å². The Morgan fingerprint density at radius 3 is 2.39 bits per heavy atom. The summed E-state index contributed by atoms with van der Waals surface area (Å²) < 4.78 is 22.9. The molecular weight excluding hydrogens is 648 g/mol. The lowest BCUT2D eigenvalue weighted by molar-refractivity contribution is -0.124. The average Bonchev–Trinajstić information content (AvgIpc) is 3.74. The lowest BCUT2D eigenvalue weighted by Gasteiger charge is -2.41. The van der Waals surface area contributed by atoms with Gasteiger partial charge in [0.05, 0.1) is 20.8 Å². The van der Waals surface area contributed by atoms with Crippen LogP contribution in [0.3, 0.4) is 0 Å². The summed E-state index contributed by atoms with van der Waals surface area (Å²) in [5.74, 6) is 1.35. The minimum atomic E-state index is -1.85. The molecule has 0 radical (unpaired) electrons. The molecule has 0 atom stereocenters. The molecule has 3 aliphatic carbocycles. The molecule has 3 aliphatic rings. The van der Waals surface area contributed by atoms with E-state index in [4.69, 9.17) is 9.41 Å². The second kappa shape index (κ2) is 13.7. The first kappa shape index (κ1) is 34.6. The van der Waals surface area contributed by atoms with Gasteiger partial charge in [-0.25, -0.2) is 4.98 Å². The molecule has 0 unspecified atom stereocenters. The smallest absolute Gasteiger partial charge is 0.240 e. The van der Waals surface area contributed by atoms with E-state index in [9.17, 15) is 9.18 Å². The number of anilines is 1. The molecule has 6 nitrogen and oxygen atoms in total. The number of hydrogen-bond donors (Lipinski definition) is 0. The van der Waals surface area contributed by atoms with Crippen LogP contribution in [0.25, 0.3) is 21.3 Å². The number of nitrogens with zero attached hydrogens (tertiary/aromatic N) is 4. The van der Waals surface area contributed by atoms with Gasteiger partial charge in [-0.15, -0.1) is 16.4 Å². The molecule has 2 heterocycles. The fourth-order valence-electron chi connectivity index (χ4n) is 7.76. The van der Waals surface area contributed by atoms with E-state index in [1.165, 1.54) is 28.3 Å². The zero-order chi connectivity index (χ0) is 34.5. The first-order valence-corrected chi connectivity index (χ1v) is 22.3. The van der Waals surface area contributed by atoms with Crippen molar-refractivity contribution in [2.45, 2.75) is 121 Å². The normalized spacial score (nSPS) is 23.6. The first-order valence-electron chi connectivity index (χ1n) is 18.5. The molecular formula is C40H53FN4O2SSi. The number of aryl methyl sites for hydroxylation is 1. The molecule has 0 aliphatic heterocycles. The SMILES string of the molecule is Cn1nc(F)c2cc(C3CCC(CN(C(=O)C4CCC(O[Si](C)(C)C(C)(C)C)CC4)c4cccc(-c5cnc(C6CC6)s5)c4)CC3)ccc21. The Hall–Kier alpha value is -2.88. The van der Waals surface area contributed by atoms with Gasteiger partial charge in [0.25, 0.3) is 0 Å². The molecule has 4 aromatic rings. The highest BCUT2D eigenvalue weighted by Crippen LogP contribution is 2.45. The second-order valence-electron chi connectivity index (χ2n) is 16.6. The van der Waals surface area contributed by atoms with Crippen molar-refractivity contribution in [3.05, 3.63) is 65.2 Å². The summed E-state index contributed by atoms with van der Waals surface area (Å²) in [5.41, 5.74) is 4.18. The predicted molar refractivity (Wildman–Crippen MR) is 201 cm³/mol. The van der Waals surface area contributed by atoms with Crippen molar-refractivity contribution in [3.8, 4) is 10.4 Å². The van der Waals surface area contributed by atoms with Gasteiger partial charge in [-0.05, 0) is 130 Å². The van der Waals surface area contributed by atoms with Gasteiger partial charge in [0.2, 0.25) is 11.9 Å². The van der Waals surface area contributed by atoms with Crippen LogP contribution < -0.4 is 4.90 Å². The Bertz CT molecular complexity index is 1790. The number of carbonyl (C=O) groups is 1. The van der Waals surface area contributed by atoms with Crippen molar-refractivity contribution in [1.82, 2.24) is 14.8 Å². The lowest BCUT2D eigenvalue weighted by Crippen LogP contribution is -2.46. The third-order valence-electron chi connectivity index (χ3n) is 12.0. The number of aromatic nitrogens is 3. The minimum absolute atomic E-state index is 0.0187. The van der Waals surface area contributed by atoms with Crippen LogP contribution in [0.2, 0.25) is 18.1 Å². The van der Waals surface area contributed by atoms with Crippen LogP contribution in [-0.4, -0.2) is 41.6 Å². The molecule has 0 saturated heterocycles. The Labute approximate surface area is 296 Å². The largest absolute Gasteiger partial charge is 0.414 e. The van der Waals surface area contributed by atoms with Crippen LogP contribution in [0.4, 0.5) is 10.1 Å². The second-order valence-corrected chi connectivity index (χ2v) is 22.4. The van der Waals surface area contributed by atoms with Crippen molar-refractivity contribution in [3.63, 3.8) is 0 Å². The van der Waals surface area contributed by atoms with Crippen LogP contribution in [0.5, 0.6) is 0 Å². The molecule has 0 N–H and O–H groups in total. The van der Waals surface area contributed by atoms with Crippen LogP contribution >= 0.6 is 11.3 Å². The maximum absolute atomic E-state index is 14.6. The van der Waals surface area contributed by atoms with Crippen LogP contribution in [0.1, 0.15) is 107 Å². The van der Waals surface area contributed by atoms with Gasteiger partial charge in [0.15, 0.2) is 8.32 Å². The van der Waals surface area contributed by atoms with Gasteiger partial charge in [-0.2, -0.15) is 4.39 Å². The lowest BCUT2D eigenvalue weighted by atomic mass is 9.78. The summed E-state index contributed by atoms with van der Waals surface area (Å²) >= 11 is 1.80. The van der Waals surface area contributed by atoms with Crippen molar-refractivity contribution < 1.29 is 13.6 Å². The van der Waals surface area contributed by atoms with E-state index in [1.54, 1.807) is 23.1 Å². The highest BCUT2D eigenvalue weighted by Gasteiger charge is 2.41. The minimum Gasteiger partial charge on any atom is -0.414 e. The number of carbonyl (C=O) groups excluding carboxylic acids is 1. The first-order chi connectivity index (χ1) is 23.4. The van der Waals surface area contributed by atoms with E-state index in [2.05, 4.69) is 74.2 Å². The van der Waals surface area contributed by atoms with Gasteiger partial charge in [-0.3, -0.25) is 9.48 Å². The number of hydrogen-bond acceptors (Lipinski definition) is 5. The summed E-state index contributed by atoms with van der Waals surface area (Å²) in [5, 5.41) is 6.00. The molecule has 2 aromatic heterocycles. The van der Waals surface area contributed by atoms with E-state index in [-0.39, 0.29) is 23.0 Å². The van der Waals surface area contributed by atoms with Crippen LogP contribution in [0, 0.1) is 17.8 Å². The molecule has 0 bridgehead atoms. The third-order valence-corrected chi connectivity index (χ3v) is 17.8. The Kier molecular flexibility index (Phi) is 9.65. The number of amides is 1. The summed E-state index contributed by atoms with van der Waals surface area (Å²) in [4.78, 5) is 22.6. The number of halogens is 1. The fraction of sp³-hybridized carbons (Fsp3) is 0.575. The number of rotatable bonds is 9. The zero-order valence-corrected chi connectivity index (χ0v) is 32.0. The monoisotopic (exact) mass is 700 g/mol. The third kappa shape index (κ3) is 7.45. The van der Waals surface area contributed by atoms with Gasteiger partial charge in [0.1, 0.15) is 0 Å². The van der Waals surface area contributed by atoms with Gasteiger partial charge in [-0.1, -0.05) is 39.0 Å². The van der Waals surface area contributed by atoms with Crippen molar-refractivity contribution in [2.24, 2.45) is 18.9 Å². The van der Waals surface area contributed by atoms with Gasteiger partial charge < -0.3 is 9.33 Å². The average molecular weight is 701 g/mol.